The number of nitrogens with two attached hydrogens (primary N) is 1. The van der Waals surface area contributed by atoms with Crippen molar-refractivity contribution in [2.24, 2.45) is 5.73 Å². The maximum atomic E-state index is 13.2. The smallest absolute Gasteiger partial charge is 0.137 e. The summed E-state index contributed by atoms with van der Waals surface area (Å²) in [5.41, 5.74) is 7.83. The summed E-state index contributed by atoms with van der Waals surface area (Å²) in [5.74, 6) is -0.306. The molecule has 0 radical (unpaired) electrons. The van der Waals surface area contributed by atoms with Gasteiger partial charge in [-0.25, -0.2) is 4.39 Å². The first-order valence-corrected chi connectivity index (χ1v) is 7.11. The van der Waals surface area contributed by atoms with Crippen LogP contribution in [0, 0.1) is 5.82 Å². The zero-order valence-corrected chi connectivity index (χ0v) is 13.1. The number of benzene rings is 2. The van der Waals surface area contributed by atoms with Crippen molar-refractivity contribution in [1.82, 2.24) is 0 Å². The van der Waals surface area contributed by atoms with Crippen LogP contribution in [0.15, 0.2) is 45.3 Å². The standard InChI is InChI=1S/C13H9Br2ClFN/c14-9-3-1-8(6-11(9)16)13(18)7-2-4-12(17)10(15)5-7/h1-6,13H,18H2. The molecule has 94 valence electrons. The van der Waals surface area contributed by atoms with Gasteiger partial charge in [0.15, 0.2) is 0 Å². The minimum Gasteiger partial charge on any atom is -0.320 e. The topological polar surface area (TPSA) is 26.0 Å². The fraction of sp³-hybridized carbons (Fsp3) is 0.0769. The maximum Gasteiger partial charge on any atom is 0.137 e. The molecule has 0 aliphatic rings. The Bertz CT molecular complexity index is 538. The molecule has 0 amide bonds. The van der Waals surface area contributed by atoms with Gasteiger partial charge in [0, 0.05) is 4.47 Å². The van der Waals surface area contributed by atoms with Crippen molar-refractivity contribution in [3.05, 3.63) is 67.3 Å². The van der Waals surface area contributed by atoms with Gasteiger partial charge in [-0.15, -0.1) is 0 Å². The van der Waals surface area contributed by atoms with E-state index in [2.05, 4.69) is 31.9 Å². The van der Waals surface area contributed by atoms with Crippen LogP contribution in [0.25, 0.3) is 0 Å². The zero-order valence-electron chi connectivity index (χ0n) is 9.13. The Hall–Kier alpha value is -0.420. The summed E-state index contributed by atoms with van der Waals surface area (Å²) in [5, 5.41) is 0.601. The molecular weight excluding hydrogens is 384 g/mol. The molecule has 2 N–H and O–H groups in total. The fourth-order valence-corrected chi connectivity index (χ4v) is 2.44. The molecule has 0 aliphatic heterocycles. The van der Waals surface area contributed by atoms with Gasteiger partial charge in [-0.05, 0) is 67.3 Å². The molecule has 2 aromatic carbocycles. The second kappa shape index (κ2) is 5.70. The second-order valence-corrected chi connectivity index (χ2v) is 5.94. The van der Waals surface area contributed by atoms with Crippen molar-refractivity contribution in [1.29, 1.82) is 0 Å². The Kier molecular flexibility index (Phi) is 4.43. The van der Waals surface area contributed by atoms with E-state index in [1.807, 2.05) is 12.1 Å². The van der Waals surface area contributed by atoms with E-state index >= 15 is 0 Å². The second-order valence-electron chi connectivity index (χ2n) is 3.82. The van der Waals surface area contributed by atoms with Crippen LogP contribution in [-0.4, -0.2) is 0 Å². The largest absolute Gasteiger partial charge is 0.320 e. The van der Waals surface area contributed by atoms with Gasteiger partial charge in [-0.2, -0.15) is 0 Å². The lowest BCUT2D eigenvalue weighted by atomic mass is 10.00. The summed E-state index contributed by atoms with van der Waals surface area (Å²) in [4.78, 5) is 0. The van der Waals surface area contributed by atoms with Crippen LogP contribution in [-0.2, 0) is 0 Å². The van der Waals surface area contributed by atoms with Crippen molar-refractivity contribution in [2.45, 2.75) is 6.04 Å². The summed E-state index contributed by atoms with van der Waals surface area (Å²) in [7, 11) is 0. The highest BCUT2D eigenvalue weighted by Gasteiger charge is 2.12. The van der Waals surface area contributed by atoms with Crippen LogP contribution >= 0.6 is 43.5 Å². The van der Waals surface area contributed by atoms with Crippen molar-refractivity contribution in [2.75, 3.05) is 0 Å². The number of halogens is 4. The molecule has 0 aromatic heterocycles. The van der Waals surface area contributed by atoms with E-state index in [1.54, 1.807) is 18.2 Å². The monoisotopic (exact) mass is 391 g/mol. The molecule has 0 heterocycles. The van der Waals surface area contributed by atoms with Crippen molar-refractivity contribution >= 4 is 43.5 Å². The summed E-state index contributed by atoms with van der Waals surface area (Å²) < 4.78 is 14.4. The lowest BCUT2D eigenvalue weighted by Gasteiger charge is -2.14. The number of hydrogen-bond acceptors (Lipinski definition) is 1. The Morgan fingerprint density at radius 3 is 2.22 bits per heavy atom. The third kappa shape index (κ3) is 2.94. The summed E-state index contributed by atoms with van der Waals surface area (Å²) in [6, 6.07) is 9.92. The van der Waals surface area contributed by atoms with Gasteiger partial charge in [0.05, 0.1) is 15.5 Å². The van der Waals surface area contributed by atoms with Crippen molar-refractivity contribution in [3.63, 3.8) is 0 Å². The zero-order chi connectivity index (χ0) is 13.3. The Morgan fingerprint density at radius 2 is 1.61 bits per heavy atom. The SMILES string of the molecule is NC(c1ccc(Br)c(Cl)c1)c1ccc(F)c(Br)c1. The molecule has 0 saturated carbocycles. The summed E-state index contributed by atoms with van der Waals surface area (Å²) >= 11 is 12.5. The van der Waals surface area contributed by atoms with Gasteiger partial charge in [0.1, 0.15) is 5.82 Å². The van der Waals surface area contributed by atoms with E-state index in [0.717, 1.165) is 15.6 Å². The number of rotatable bonds is 2. The molecule has 0 aliphatic carbocycles. The molecule has 0 bridgehead atoms. The van der Waals surface area contributed by atoms with Crippen LogP contribution in [0.1, 0.15) is 17.2 Å². The molecule has 1 unspecified atom stereocenters. The molecule has 0 saturated heterocycles. The number of hydrogen-bond donors (Lipinski definition) is 1. The van der Waals surface area contributed by atoms with E-state index in [-0.39, 0.29) is 11.9 Å². The van der Waals surface area contributed by atoms with Gasteiger partial charge in [0.25, 0.3) is 0 Å². The first-order valence-electron chi connectivity index (χ1n) is 5.14. The van der Waals surface area contributed by atoms with Crippen LogP contribution < -0.4 is 5.73 Å². The minimum atomic E-state index is -0.340. The summed E-state index contributed by atoms with van der Waals surface area (Å²) in [6.45, 7) is 0. The molecule has 18 heavy (non-hydrogen) atoms. The Balaban J connectivity index is 2.37. The van der Waals surface area contributed by atoms with Gasteiger partial charge < -0.3 is 5.73 Å². The van der Waals surface area contributed by atoms with Gasteiger partial charge in [-0.3, -0.25) is 0 Å². The first kappa shape index (κ1) is 14.0. The highest BCUT2D eigenvalue weighted by Crippen LogP contribution is 2.29. The summed E-state index contributed by atoms with van der Waals surface area (Å²) in [6.07, 6.45) is 0. The minimum absolute atomic E-state index is 0.306. The van der Waals surface area contributed by atoms with Crippen molar-refractivity contribution in [3.8, 4) is 0 Å². The van der Waals surface area contributed by atoms with Crippen LogP contribution in [0.4, 0.5) is 4.39 Å². The predicted octanol–water partition coefficient (Wildman–Crippen LogP) is 5.05. The predicted molar refractivity (Wildman–Crippen MR) is 79.3 cm³/mol. The normalized spacial score (nSPS) is 12.5. The van der Waals surface area contributed by atoms with Crippen LogP contribution in [0.5, 0.6) is 0 Å². The third-order valence-electron chi connectivity index (χ3n) is 2.61. The van der Waals surface area contributed by atoms with Crippen molar-refractivity contribution < 1.29 is 4.39 Å². The van der Waals surface area contributed by atoms with E-state index in [1.165, 1.54) is 6.07 Å². The average Bonchev–Trinajstić information content (AvgIpc) is 2.35. The van der Waals surface area contributed by atoms with Crippen LogP contribution in [0.3, 0.4) is 0 Å². The molecule has 0 fully saturated rings. The molecule has 0 spiro atoms. The Labute approximate surface area is 126 Å². The van der Waals surface area contributed by atoms with E-state index in [9.17, 15) is 4.39 Å². The van der Waals surface area contributed by atoms with Gasteiger partial charge in [0.2, 0.25) is 0 Å². The molecule has 1 nitrogen and oxygen atoms in total. The molecule has 5 heteroatoms. The molecular formula is C13H9Br2ClFN. The first-order chi connectivity index (χ1) is 8.49. The van der Waals surface area contributed by atoms with Crippen LogP contribution in [0.2, 0.25) is 5.02 Å². The highest BCUT2D eigenvalue weighted by atomic mass is 79.9. The van der Waals surface area contributed by atoms with E-state index in [0.29, 0.717) is 9.50 Å². The highest BCUT2D eigenvalue weighted by molar-refractivity contribution is 9.10. The van der Waals surface area contributed by atoms with Gasteiger partial charge >= 0.3 is 0 Å². The van der Waals surface area contributed by atoms with Gasteiger partial charge in [-0.1, -0.05) is 23.7 Å². The molecule has 1 atom stereocenters. The maximum absolute atomic E-state index is 13.2. The van der Waals surface area contributed by atoms with E-state index < -0.39 is 0 Å². The Morgan fingerprint density at radius 1 is 1.00 bits per heavy atom. The quantitative estimate of drug-likeness (QED) is 0.759. The lowest BCUT2D eigenvalue weighted by molar-refractivity contribution is 0.619. The molecule has 2 aromatic rings. The van der Waals surface area contributed by atoms with E-state index in [4.69, 9.17) is 17.3 Å². The fourth-order valence-electron chi connectivity index (χ4n) is 1.60. The average molecular weight is 393 g/mol. The lowest BCUT2D eigenvalue weighted by Crippen LogP contribution is -2.12. The third-order valence-corrected chi connectivity index (χ3v) is 4.45. The molecule has 2 rings (SSSR count).